The summed E-state index contributed by atoms with van der Waals surface area (Å²) in [4.78, 5) is 29.8. The van der Waals surface area contributed by atoms with Gasteiger partial charge in [-0.3, -0.25) is 9.59 Å². The minimum Gasteiger partial charge on any atom is -0.355 e. The molecule has 0 radical (unpaired) electrons. The molecule has 8 rings (SSSR count). The van der Waals surface area contributed by atoms with E-state index in [9.17, 15) is 9.59 Å². The lowest BCUT2D eigenvalue weighted by atomic mass is 9.49. The average Bonchev–Trinajstić information content (AvgIpc) is 3.12. The molecule has 0 atom stereocenters. The van der Waals surface area contributed by atoms with Crippen molar-refractivity contribution in [2.45, 2.75) is 77.0 Å². The number of carbonyl (C=O) groups is 2. The van der Waals surface area contributed by atoms with E-state index >= 15 is 0 Å². The summed E-state index contributed by atoms with van der Waals surface area (Å²) in [6.45, 7) is 0. The molecule has 0 saturated heterocycles. The molecule has 0 aliphatic heterocycles. The van der Waals surface area contributed by atoms with E-state index in [4.69, 9.17) is 0 Å². The molecule has 2 amide bonds. The Hall–Kier alpha value is -3.08. The maximum absolute atomic E-state index is 13.5. The van der Waals surface area contributed by atoms with E-state index in [1.165, 1.54) is 32.1 Å². The van der Waals surface area contributed by atoms with Gasteiger partial charge >= 0.3 is 0 Å². The van der Waals surface area contributed by atoms with Gasteiger partial charge in [0.2, 0.25) is 11.8 Å². The van der Waals surface area contributed by atoms with Gasteiger partial charge in [0.05, 0.1) is 5.41 Å². The summed E-state index contributed by atoms with van der Waals surface area (Å²) < 4.78 is 0. The van der Waals surface area contributed by atoms with Crippen LogP contribution in [0.2, 0.25) is 0 Å². The summed E-state index contributed by atoms with van der Waals surface area (Å²) in [5.74, 6) is 2.83. The highest BCUT2D eigenvalue weighted by atomic mass is 16.2. The highest BCUT2D eigenvalue weighted by molar-refractivity contribution is 5.98. The van der Waals surface area contributed by atoms with Crippen molar-refractivity contribution in [3.63, 3.8) is 0 Å². The molecule has 0 unspecified atom stereocenters. The zero-order valence-electron chi connectivity index (χ0n) is 22.2. The predicted octanol–water partition coefficient (Wildman–Crippen LogP) is 7.90. The second kappa shape index (κ2) is 9.59. The van der Waals surface area contributed by atoms with E-state index in [2.05, 4.69) is 45.9 Å². The number of rotatable bonds is 5. The van der Waals surface area contributed by atoms with Gasteiger partial charge < -0.3 is 15.6 Å². The molecule has 38 heavy (non-hydrogen) atoms. The van der Waals surface area contributed by atoms with Crippen LogP contribution in [-0.2, 0) is 9.59 Å². The van der Waals surface area contributed by atoms with E-state index < -0.39 is 0 Å². The van der Waals surface area contributed by atoms with E-state index in [0.717, 1.165) is 96.2 Å². The molecular formula is C33H39N3O2. The standard InChI is InChI=1S/C33H39N3O2/c37-31(25-5-3-1-2-4-6-25)34-27-9-7-24(8-10-27)30-17-26-16-28(11-12-29(26)36-30)35-32(38)33-18-21-13-22(19-33)15-23(14-21)20-33/h7-12,16-17,21-23,25,36H,1-6,13-15,18-20H2,(H,34,37)(H,35,38). The lowest BCUT2D eigenvalue weighted by molar-refractivity contribution is -0.140. The van der Waals surface area contributed by atoms with Crippen LogP contribution in [0.15, 0.2) is 48.5 Å². The number of aromatic amines is 1. The summed E-state index contributed by atoms with van der Waals surface area (Å²) in [6, 6.07) is 16.4. The Balaban J connectivity index is 1.03. The maximum Gasteiger partial charge on any atom is 0.230 e. The summed E-state index contributed by atoms with van der Waals surface area (Å²) in [5.41, 5.74) is 4.77. The van der Waals surface area contributed by atoms with Gasteiger partial charge in [-0.2, -0.15) is 0 Å². The predicted molar refractivity (Wildman–Crippen MR) is 153 cm³/mol. The first-order valence-corrected chi connectivity index (χ1v) is 14.9. The van der Waals surface area contributed by atoms with Gasteiger partial charge in [-0.15, -0.1) is 0 Å². The minimum absolute atomic E-state index is 0.139. The zero-order chi connectivity index (χ0) is 25.7. The van der Waals surface area contributed by atoms with Gasteiger partial charge in [0, 0.05) is 33.9 Å². The first-order chi connectivity index (χ1) is 18.5. The molecule has 1 aromatic heterocycles. The summed E-state index contributed by atoms with van der Waals surface area (Å²) in [6.07, 6.45) is 14.1. The molecule has 4 bridgehead atoms. The Morgan fingerprint density at radius 3 is 2.03 bits per heavy atom. The highest BCUT2D eigenvalue weighted by Crippen LogP contribution is 2.60. The molecule has 5 saturated carbocycles. The molecule has 3 aromatic rings. The Kier molecular flexibility index (Phi) is 6.05. The Morgan fingerprint density at radius 1 is 0.737 bits per heavy atom. The quantitative estimate of drug-likeness (QED) is 0.306. The van der Waals surface area contributed by atoms with Crippen molar-refractivity contribution in [2.24, 2.45) is 29.1 Å². The monoisotopic (exact) mass is 509 g/mol. The van der Waals surface area contributed by atoms with Crippen molar-refractivity contribution in [2.75, 3.05) is 10.6 Å². The van der Waals surface area contributed by atoms with E-state index in [-0.39, 0.29) is 23.1 Å². The van der Waals surface area contributed by atoms with Gasteiger partial charge in [-0.25, -0.2) is 0 Å². The highest BCUT2D eigenvalue weighted by Gasteiger charge is 2.54. The van der Waals surface area contributed by atoms with Crippen LogP contribution in [-0.4, -0.2) is 16.8 Å². The number of H-pyrrole nitrogens is 1. The molecule has 5 nitrogen and oxygen atoms in total. The second-order valence-electron chi connectivity index (χ2n) is 12.9. The largest absolute Gasteiger partial charge is 0.355 e. The Labute approximate surface area is 225 Å². The molecule has 1 heterocycles. The number of nitrogens with one attached hydrogen (secondary N) is 3. The number of carbonyl (C=O) groups excluding carboxylic acids is 2. The average molecular weight is 510 g/mol. The topological polar surface area (TPSA) is 74.0 Å². The van der Waals surface area contributed by atoms with Crippen molar-refractivity contribution in [3.05, 3.63) is 48.5 Å². The number of anilines is 2. The van der Waals surface area contributed by atoms with Crippen molar-refractivity contribution in [1.29, 1.82) is 0 Å². The number of aromatic nitrogens is 1. The van der Waals surface area contributed by atoms with Gasteiger partial charge in [0.25, 0.3) is 0 Å². The molecule has 5 aliphatic carbocycles. The third kappa shape index (κ3) is 4.54. The first kappa shape index (κ1) is 24.0. The van der Waals surface area contributed by atoms with Gasteiger partial charge in [0.15, 0.2) is 0 Å². The van der Waals surface area contributed by atoms with Crippen molar-refractivity contribution in [3.8, 4) is 11.3 Å². The number of hydrogen-bond donors (Lipinski definition) is 3. The van der Waals surface area contributed by atoms with Crippen LogP contribution in [0.1, 0.15) is 77.0 Å². The third-order valence-electron chi connectivity index (χ3n) is 10.1. The SMILES string of the molecule is O=C(Nc1ccc(-c2cc3cc(NC(=O)C45CC6CC(CC(C6)C4)C5)ccc3[nH]2)cc1)C1CCCCCC1. The molecule has 2 aromatic carbocycles. The summed E-state index contributed by atoms with van der Waals surface area (Å²) >= 11 is 0. The maximum atomic E-state index is 13.5. The Bertz CT molecular complexity index is 1310. The lowest BCUT2D eigenvalue weighted by Gasteiger charge is -2.55. The Morgan fingerprint density at radius 2 is 1.37 bits per heavy atom. The minimum atomic E-state index is -0.139. The molecule has 5 heteroatoms. The molecule has 0 spiro atoms. The van der Waals surface area contributed by atoms with E-state index in [0.29, 0.717) is 0 Å². The lowest BCUT2D eigenvalue weighted by Crippen LogP contribution is -2.51. The molecule has 5 aliphatic rings. The first-order valence-electron chi connectivity index (χ1n) is 14.9. The molecule has 198 valence electrons. The van der Waals surface area contributed by atoms with Crippen LogP contribution in [0.3, 0.4) is 0 Å². The smallest absolute Gasteiger partial charge is 0.230 e. The number of hydrogen-bond acceptors (Lipinski definition) is 2. The fourth-order valence-corrected chi connectivity index (χ4v) is 8.54. The number of benzene rings is 2. The summed E-state index contributed by atoms with van der Waals surface area (Å²) in [5, 5.41) is 7.52. The van der Waals surface area contributed by atoms with Crippen LogP contribution in [0.5, 0.6) is 0 Å². The van der Waals surface area contributed by atoms with Crippen molar-refractivity contribution < 1.29 is 9.59 Å². The van der Waals surface area contributed by atoms with Crippen LogP contribution >= 0.6 is 0 Å². The van der Waals surface area contributed by atoms with Gasteiger partial charge in [-0.1, -0.05) is 37.8 Å². The second-order valence-corrected chi connectivity index (χ2v) is 12.9. The van der Waals surface area contributed by atoms with Crippen LogP contribution in [0, 0.1) is 29.1 Å². The number of amides is 2. The van der Waals surface area contributed by atoms with Crippen LogP contribution in [0.25, 0.3) is 22.2 Å². The van der Waals surface area contributed by atoms with Gasteiger partial charge in [-0.05, 0) is 111 Å². The van der Waals surface area contributed by atoms with E-state index in [1.807, 2.05) is 18.2 Å². The number of fused-ring (bicyclic) bond motifs is 1. The molecule has 3 N–H and O–H groups in total. The van der Waals surface area contributed by atoms with Gasteiger partial charge in [0.1, 0.15) is 0 Å². The fourth-order valence-electron chi connectivity index (χ4n) is 8.54. The normalized spacial score (nSPS) is 28.8. The zero-order valence-corrected chi connectivity index (χ0v) is 22.2. The molecule has 5 fully saturated rings. The van der Waals surface area contributed by atoms with Crippen LogP contribution in [0.4, 0.5) is 11.4 Å². The van der Waals surface area contributed by atoms with E-state index in [1.54, 1.807) is 0 Å². The summed E-state index contributed by atoms with van der Waals surface area (Å²) in [7, 11) is 0. The third-order valence-corrected chi connectivity index (χ3v) is 10.1. The van der Waals surface area contributed by atoms with Crippen LogP contribution < -0.4 is 10.6 Å². The van der Waals surface area contributed by atoms with Crippen molar-refractivity contribution >= 4 is 34.1 Å². The fraction of sp³-hybridized carbons (Fsp3) is 0.515. The van der Waals surface area contributed by atoms with Crippen molar-refractivity contribution in [1.82, 2.24) is 4.98 Å². The molecular weight excluding hydrogens is 470 g/mol.